The summed E-state index contributed by atoms with van der Waals surface area (Å²) in [6.07, 6.45) is 0. The Morgan fingerprint density at radius 3 is 2.53 bits per heavy atom. The molecule has 0 atom stereocenters. The molecule has 0 fully saturated rings. The lowest BCUT2D eigenvalue weighted by Crippen LogP contribution is -2.12. The number of imidazole rings is 1. The number of esters is 1. The van der Waals surface area contributed by atoms with Crippen LogP contribution in [0.15, 0.2) is 16.6 Å². The van der Waals surface area contributed by atoms with Crippen molar-refractivity contribution in [2.45, 2.75) is 26.2 Å². The number of ether oxygens (including phenoxy) is 1. The molecule has 1 heterocycles. The van der Waals surface area contributed by atoms with Crippen LogP contribution in [0.25, 0.3) is 11.0 Å². The molecule has 0 saturated heterocycles. The Morgan fingerprint density at radius 1 is 1.37 bits per heavy atom. The average Bonchev–Trinajstić information content (AvgIpc) is 2.64. The lowest BCUT2D eigenvalue weighted by atomic mass is 9.86. The van der Waals surface area contributed by atoms with Crippen LogP contribution in [0.3, 0.4) is 0 Å². The van der Waals surface area contributed by atoms with Crippen molar-refractivity contribution in [2.75, 3.05) is 7.11 Å². The third kappa shape index (κ3) is 2.39. The van der Waals surface area contributed by atoms with E-state index in [0.717, 1.165) is 21.1 Å². The fourth-order valence-electron chi connectivity index (χ4n) is 2.10. The average molecular weight is 325 g/mol. The van der Waals surface area contributed by atoms with Gasteiger partial charge in [-0.2, -0.15) is 0 Å². The topological polar surface area (TPSA) is 44.1 Å². The maximum absolute atomic E-state index is 11.7. The van der Waals surface area contributed by atoms with Gasteiger partial charge in [-0.15, -0.1) is 0 Å². The number of benzene rings is 1. The number of rotatable bonds is 1. The van der Waals surface area contributed by atoms with Crippen molar-refractivity contribution in [3.8, 4) is 0 Å². The van der Waals surface area contributed by atoms with Gasteiger partial charge in [0.05, 0.1) is 18.1 Å². The number of aryl methyl sites for hydroxylation is 1. The van der Waals surface area contributed by atoms with E-state index in [-0.39, 0.29) is 5.41 Å². The number of nitrogens with zero attached hydrogens (tertiary/aromatic N) is 2. The van der Waals surface area contributed by atoms with Gasteiger partial charge in [-0.05, 0) is 23.1 Å². The fourth-order valence-corrected chi connectivity index (χ4v) is 2.54. The molecule has 19 heavy (non-hydrogen) atoms. The van der Waals surface area contributed by atoms with Gasteiger partial charge in [-0.25, -0.2) is 9.78 Å². The maximum atomic E-state index is 11.7. The van der Waals surface area contributed by atoms with E-state index in [4.69, 9.17) is 4.74 Å². The molecule has 0 N–H and O–H groups in total. The number of hydrogen-bond donors (Lipinski definition) is 0. The summed E-state index contributed by atoms with van der Waals surface area (Å²) >= 11 is 3.52. The van der Waals surface area contributed by atoms with Crippen molar-refractivity contribution < 1.29 is 9.53 Å². The molecular weight excluding hydrogens is 308 g/mol. The number of methoxy groups -OCH3 is 1. The number of halogens is 1. The van der Waals surface area contributed by atoms with Crippen LogP contribution in [0.2, 0.25) is 0 Å². The SMILES string of the molecule is COC(=O)c1nc2c(C(C)(C)C)cc(Br)cc2n1C. The van der Waals surface area contributed by atoms with E-state index in [1.807, 2.05) is 13.1 Å². The molecule has 0 saturated carbocycles. The van der Waals surface area contributed by atoms with E-state index in [1.54, 1.807) is 4.57 Å². The summed E-state index contributed by atoms with van der Waals surface area (Å²) in [7, 11) is 3.18. The summed E-state index contributed by atoms with van der Waals surface area (Å²) in [5.41, 5.74) is 2.81. The highest BCUT2D eigenvalue weighted by atomic mass is 79.9. The number of hydrogen-bond acceptors (Lipinski definition) is 3. The predicted octanol–water partition coefficient (Wildman–Crippen LogP) is 3.42. The van der Waals surface area contributed by atoms with Crippen LogP contribution in [-0.2, 0) is 17.2 Å². The zero-order chi connectivity index (χ0) is 14.4. The standard InChI is InChI=1S/C14H17BrN2O2/c1-14(2,3)9-6-8(15)7-10-11(9)16-12(17(10)4)13(18)19-5/h6-7H,1-5H3. The lowest BCUT2D eigenvalue weighted by molar-refractivity contribution is 0.0583. The summed E-state index contributed by atoms with van der Waals surface area (Å²) in [6.45, 7) is 6.38. The second-order valence-corrected chi connectivity index (χ2v) is 6.47. The van der Waals surface area contributed by atoms with E-state index in [0.29, 0.717) is 5.82 Å². The van der Waals surface area contributed by atoms with Crippen LogP contribution >= 0.6 is 15.9 Å². The Morgan fingerprint density at radius 2 is 2.00 bits per heavy atom. The van der Waals surface area contributed by atoms with Gasteiger partial charge in [0.15, 0.2) is 0 Å². The molecule has 1 aromatic heterocycles. The molecule has 0 amide bonds. The minimum Gasteiger partial charge on any atom is -0.463 e. The van der Waals surface area contributed by atoms with Gasteiger partial charge >= 0.3 is 5.97 Å². The first-order chi connectivity index (χ1) is 8.75. The highest BCUT2D eigenvalue weighted by Crippen LogP contribution is 2.32. The Labute approximate surface area is 120 Å². The van der Waals surface area contributed by atoms with Crippen LogP contribution < -0.4 is 0 Å². The van der Waals surface area contributed by atoms with Crippen LogP contribution in [0.4, 0.5) is 0 Å². The Balaban J connectivity index is 2.83. The molecule has 0 aliphatic rings. The van der Waals surface area contributed by atoms with Crippen LogP contribution in [0.5, 0.6) is 0 Å². The molecule has 2 aromatic rings. The first-order valence-electron chi connectivity index (χ1n) is 6.00. The second kappa shape index (κ2) is 4.63. The first-order valence-corrected chi connectivity index (χ1v) is 6.79. The highest BCUT2D eigenvalue weighted by molar-refractivity contribution is 9.10. The smallest absolute Gasteiger partial charge is 0.374 e. The molecule has 0 aliphatic carbocycles. The number of carbonyl (C=O) groups is 1. The molecule has 0 bridgehead atoms. The predicted molar refractivity (Wildman–Crippen MR) is 78.5 cm³/mol. The van der Waals surface area contributed by atoms with Crippen molar-refractivity contribution in [2.24, 2.45) is 7.05 Å². The summed E-state index contributed by atoms with van der Waals surface area (Å²) in [5, 5.41) is 0. The van der Waals surface area contributed by atoms with E-state index in [1.165, 1.54) is 7.11 Å². The largest absolute Gasteiger partial charge is 0.463 e. The molecule has 2 rings (SSSR count). The zero-order valence-electron chi connectivity index (χ0n) is 11.7. The van der Waals surface area contributed by atoms with Gasteiger partial charge in [0.1, 0.15) is 0 Å². The molecule has 0 radical (unpaired) electrons. The summed E-state index contributed by atoms with van der Waals surface area (Å²) < 4.78 is 7.51. The highest BCUT2D eigenvalue weighted by Gasteiger charge is 2.23. The lowest BCUT2D eigenvalue weighted by Gasteiger charge is -2.19. The van der Waals surface area contributed by atoms with E-state index in [9.17, 15) is 4.79 Å². The quantitative estimate of drug-likeness (QED) is 0.755. The molecule has 0 spiro atoms. The van der Waals surface area contributed by atoms with Gasteiger partial charge in [-0.1, -0.05) is 36.7 Å². The molecule has 0 aliphatic heterocycles. The Hall–Kier alpha value is -1.36. The number of carbonyl (C=O) groups excluding carboxylic acids is 1. The molecule has 5 heteroatoms. The van der Waals surface area contributed by atoms with E-state index in [2.05, 4.69) is 47.8 Å². The molecule has 102 valence electrons. The second-order valence-electron chi connectivity index (χ2n) is 5.56. The summed E-state index contributed by atoms with van der Waals surface area (Å²) in [5.74, 6) is -0.101. The van der Waals surface area contributed by atoms with Gasteiger partial charge in [-0.3, -0.25) is 0 Å². The molecular formula is C14H17BrN2O2. The minimum absolute atomic E-state index is 0.0518. The van der Waals surface area contributed by atoms with Crippen LogP contribution in [0.1, 0.15) is 37.0 Å². The molecule has 4 nitrogen and oxygen atoms in total. The van der Waals surface area contributed by atoms with Gasteiger partial charge < -0.3 is 9.30 Å². The van der Waals surface area contributed by atoms with Gasteiger partial charge in [0.25, 0.3) is 0 Å². The number of aromatic nitrogens is 2. The Kier molecular flexibility index (Phi) is 3.43. The Bertz CT molecular complexity index is 653. The summed E-state index contributed by atoms with van der Waals surface area (Å²) in [6, 6.07) is 4.01. The third-order valence-electron chi connectivity index (χ3n) is 3.13. The monoisotopic (exact) mass is 324 g/mol. The number of fused-ring (bicyclic) bond motifs is 1. The normalized spacial score (nSPS) is 11.9. The molecule has 0 unspecified atom stereocenters. The van der Waals surface area contributed by atoms with Crippen LogP contribution in [-0.4, -0.2) is 22.6 Å². The first kappa shape index (κ1) is 14.1. The zero-order valence-corrected chi connectivity index (χ0v) is 13.3. The third-order valence-corrected chi connectivity index (χ3v) is 3.59. The van der Waals surface area contributed by atoms with Crippen molar-refractivity contribution in [3.63, 3.8) is 0 Å². The van der Waals surface area contributed by atoms with Crippen LogP contribution in [0, 0.1) is 0 Å². The van der Waals surface area contributed by atoms with E-state index >= 15 is 0 Å². The van der Waals surface area contributed by atoms with Gasteiger partial charge in [0.2, 0.25) is 5.82 Å². The van der Waals surface area contributed by atoms with Crippen molar-refractivity contribution in [1.29, 1.82) is 0 Å². The van der Waals surface area contributed by atoms with E-state index < -0.39 is 5.97 Å². The van der Waals surface area contributed by atoms with Gasteiger partial charge in [0, 0.05) is 11.5 Å². The van der Waals surface area contributed by atoms with Crippen molar-refractivity contribution >= 4 is 32.9 Å². The minimum atomic E-state index is -0.422. The maximum Gasteiger partial charge on any atom is 0.374 e. The summed E-state index contributed by atoms with van der Waals surface area (Å²) in [4.78, 5) is 16.2. The molecule has 1 aromatic carbocycles. The van der Waals surface area contributed by atoms with Crippen molar-refractivity contribution in [3.05, 3.63) is 28.0 Å². The fraction of sp³-hybridized carbons (Fsp3) is 0.429. The van der Waals surface area contributed by atoms with Crippen molar-refractivity contribution in [1.82, 2.24) is 9.55 Å².